The van der Waals surface area contributed by atoms with E-state index in [0.717, 1.165) is 11.3 Å². The summed E-state index contributed by atoms with van der Waals surface area (Å²) in [6, 6.07) is 8.06. The predicted octanol–water partition coefficient (Wildman–Crippen LogP) is 1.20. The lowest BCUT2D eigenvalue weighted by atomic mass is 10.2. The summed E-state index contributed by atoms with van der Waals surface area (Å²) in [5.41, 5.74) is 2.13. The zero-order valence-electron chi connectivity index (χ0n) is 12.7. The summed E-state index contributed by atoms with van der Waals surface area (Å²) in [5.74, 6) is 0. The van der Waals surface area contributed by atoms with Gasteiger partial charge >= 0.3 is 0 Å². The van der Waals surface area contributed by atoms with Crippen molar-refractivity contribution in [2.24, 2.45) is 0 Å². The SMILES string of the molecule is COCCn1nc(-c2ccccn2)cc(CNC2CC2)c1=O. The van der Waals surface area contributed by atoms with Crippen LogP contribution in [0.15, 0.2) is 35.3 Å². The van der Waals surface area contributed by atoms with Crippen LogP contribution in [0.5, 0.6) is 0 Å². The molecule has 0 radical (unpaired) electrons. The quantitative estimate of drug-likeness (QED) is 0.832. The van der Waals surface area contributed by atoms with E-state index in [1.165, 1.54) is 17.5 Å². The molecule has 1 fully saturated rings. The minimum absolute atomic E-state index is 0.0649. The van der Waals surface area contributed by atoms with Gasteiger partial charge in [-0.1, -0.05) is 6.07 Å². The summed E-state index contributed by atoms with van der Waals surface area (Å²) in [5, 5.41) is 7.80. The largest absolute Gasteiger partial charge is 0.383 e. The van der Waals surface area contributed by atoms with E-state index in [1.54, 1.807) is 13.3 Å². The molecular weight excluding hydrogens is 280 g/mol. The molecule has 0 aromatic carbocycles. The van der Waals surface area contributed by atoms with E-state index in [2.05, 4.69) is 15.4 Å². The standard InChI is InChI=1S/C16H20N4O2/c1-22-9-8-20-16(21)12(11-18-13-5-6-13)10-15(19-20)14-4-2-3-7-17-14/h2-4,7,10,13,18H,5-6,8-9,11H2,1H3. The van der Waals surface area contributed by atoms with Crippen LogP contribution in [0.3, 0.4) is 0 Å². The van der Waals surface area contributed by atoms with Gasteiger partial charge in [0, 0.05) is 31.5 Å². The van der Waals surface area contributed by atoms with Gasteiger partial charge in [-0.05, 0) is 31.0 Å². The summed E-state index contributed by atoms with van der Waals surface area (Å²) in [4.78, 5) is 16.8. The molecule has 6 heteroatoms. The summed E-state index contributed by atoms with van der Waals surface area (Å²) in [6.45, 7) is 1.46. The first-order valence-corrected chi connectivity index (χ1v) is 7.52. The monoisotopic (exact) mass is 300 g/mol. The highest BCUT2D eigenvalue weighted by atomic mass is 16.5. The van der Waals surface area contributed by atoms with Gasteiger partial charge in [0.2, 0.25) is 0 Å². The lowest BCUT2D eigenvalue weighted by molar-refractivity contribution is 0.182. The lowest BCUT2D eigenvalue weighted by Crippen LogP contribution is -2.31. The van der Waals surface area contributed by atoms with E-state index in [0.29, 0.717) is 31.4 Å². The Balaban J connectivity index is 1.94. The van der Waals surface area contributed by atoms with Crippen molar-refractivity contribution in [2.75, 3.05) is 13.7 Å². The molecule has 1 aliphatic rings. The highest BCUT2D eigenvalue weighted by Crippen LogP contribution is 2.19. The minimum Gasteiger partial charge on any atom is -0.383 e. The van der Waals surface area contributed by atoms with Crippen LogP contribution in [0.1, 0.15) is 18.4 Å². The molecule has 0 saturated heterocycles. The van der Waals surface area contributed by atoms with Crippen LogP contribution in [-0.2, 0) is 17.8 Å². The van der Waals surface area contributed by atoms with Crippen LogP contribution in [0.25, 0.3) is 11.4 Å². The Morgan fingerprint density at radius 2 is 2.23 bits per heavy atom. The van der Waals surface area contributed by atoms with Crippen LogP contribution in [0.2, 0.25) is 0 Å². The molecule has 116 valence electrons. The van der Waals surface area contributed by atoms with Crippen molar-refractivity contribution in [3.8, 4) is 11.4 Å². The highest BCUT2D eigenvalue weighted by Gasteiger charge is 2.21. The normalized spacial score (nSPS) is 14.2. The van der Waals surface area contributed by atoms with E-state index >= 15 is 0 Å². The van der Waals surface area contributed by atoms with Crippen molar-refractivity contribution in [1.29, 1.82) is 0 Å². The molecule has 1 aliphatic carbocycles. The maximum absolute atomic E-state index is 12.5. The first-order chi connectivity index (χ1) is 10.8. The van der Waals surface area contributed by atoms with Crippen molar-refractivity contribution in [3.05, 3.63) is 46.4 Å². The third kappa shape index (κ3) is 3.58. The fraction of sp³-hybridized carbons (Fsp3) is 0.438. The number of hydrogen-bond donors (Lipinski definition) is 1. The Hall–Kier alpha value is -2.05. The van der Waals surface area contributed by atoms with Crippen LogP contribution in [0, 0.1) is 0 Å². The van der Waals surface area contributed by atoms with E-state index in [-0.39, 0.29) is 5.56 Å². The van der Waals surface area contributed by atoms with E-state index in [4.69, 9.17) is 4.74 Å². The van der Waals surface area contributed by atoms with Crippen molar-refractivity contribution in [3.63, 3.8) is 0 Å². The summed E-state index contributed by atoms with van der Waals surface area (Å²) < 4.78 is 6.53. The fourth-order valence-electron chi connectivity index (χ4n) is 2.23. The Labute approximate surface area is 129 Å². The summed E-state index contributed by atoms with van der Waals surface area (Å²) in [7, 11) is 1.61. The molecule has 2 aromatic rings. The molecule has 0 unspecified atom stereocenters. The molecule has 6 nitrogen and oxygen atoms in total. The zero-order valence-corrected chi connectivity index (χ0v) is 12.7. The second-order valence-electron chi connectivity index (χ2n) is 5.45. The van der Waals surface area contributed by atoms with Gasteiger partial charge in [0.1, 0.15) is 5.69 Å². The van der Waals surface area contributed by atoms with E-state index in [9.17, 15) is 4.79 Å². The van der Waals surface area contributed by atoms with Crippen molar-refractivity contribution in [1.82, 2.24) is 20.1 Å². The number of nitrogens with one attached hydrogen (secondary N) is 1. The van der Waals surface area contributed by atoms with Crippen molar-refractivity contribution in [2.45, 2.75) is 32.0 Å². The van der Waals surface area contributed by atoms with Gasteiger partial charge in [-0.2, -0.15) is 5.10 Å². The average molecular weight is 300 g/mol. The van der Waals surface area contributed by atoms with Gasteiger partial charge in [0.25, 0.3) is 5.56 Å². The van der Waals surface area contributed by atoms with Crippen LogP contribution < -0.4 is 10.9 Å². The van der Waals surface area contributed by atoms with Crippen molar-refractivity contribution >= 4 is 0 Å². The third-order valence-electron chi connectivity index (χ3n) is 3.64. The molecular formula is C16H20N4O2. The molecule has 2 aromatic heterocycles. The Kier molecular flexibility index (Phi) is 4.60. The van der Waals surface area contributed by atoms with Crippen LogP contribution in [0.4, 0.5) is 0 Å². The van der Waals surface area contributed by atoms with Crippen LogP contribution >= 0.6 is 0 Å². The maximum Gasteiger partial charge on any atom is 0.271 e. The van der Waals surface area contributed by atoms with Crippen LogP contribution in [-0.4, -0.2) is 34.5 Å². The fourth-order valence-corrected chi connectivity index (χ4v) is 2.23. The summed E-state index contributed by atoms with van der Waals surface area (Å²) >= 11 is 0. The zero-order chi connectivity index (χ0) is 15.4. The van der Waals surface area contributed by atoms with E-state index < -0.39 is 0 Å². The highest BCUT2D eigenvalue weighted by molar-refractivity contribution is 5.53. The van der Waals surface area contributed by atoms with Gasteiger partial charge in [-0.15, -0.1) is 0 Å². The predicted molar refractivity (Wildman–Crippen MR) is 83.5 cm³/mol. The lowest BCUT2D eigenvalue weighted by Gasteiger charge is -2.10. The smallest absolute Gasteiger partial charge is 0.271 e. The minimum atomic E-state index is -0.0649. The number of ether oxygens (including phenoxy) is 1. The molecule has 0 aliphatic heterocycles. The first-order valence-electron chi connectivity index (χ1n) is 7.52. The molecule has 1 N–H and O–H groups in total. The van der Waals surface area contributed by atoms with Crippen molar-refractivity contribution < 1.29 is 4.74 Å². The molecule has 2 heterocycles. The summed E-state index contributed by atoms with van der Waals surface area (Å²) in [6.07, 6.45) is 4.11. The van der Waals surface area contributed by atoms with E-state index in [1.807, 2.05) is 24.3 Å². The number of rotatable bonds is 7. The Morgan fingerprint density at radius 1 is 1.36 bits per heavy atom. The molecule has 0 bridgehead atoms. The van der Waals surface area contributed by atoms with Gasteiger partial charge in [0.15, 0.2) is 0 Å². The molecule has 22 heavy (non-hydrogen) atoms. The third-order valence-corrected chi connectivity index (χ3v) is 3.64. The maximum atomic E-state index is 12.5. The number of nitrogens with zero attached hydrogens (tertiary/aromatic N) is 3. The molecule has 1 saturated carbocycles. The Bertz CT molecular complexity index is 680. The first kappa shape index (κ1) is 14.9. The number of aromatic nitrogens is 3. The topological polar surface area (TPSA) is 69.0 Å². The molecule has 0 amide bonds. The average Bonchev–Trinajstić information content (AvgIpc) is 3.38. The molecule has 3 rings (SSSR count). The molecule has 0 atom stereocenters. The number of hydrogen-bond acceptors (Lipinski definition) is 5. The van der Waals surface area contributed by atoms with Gasteiger partial charge < -0.3 is 10.1 Å². The second-order valence-corrected chi connectivity index (χ2v) is 5.45. The van der Waals surface area contributed by atoms with Gasteiger partial charge in [0.05, 0.1) is 18.8 Å². The second kappa shape index (κ2) is 6.81. The van der Waals surface area contributed by atoms with Gasteiger partial charge in [-0.25, -0.2) is 4.68 Å². The number of methoxy groups -OCH3 is 1. The van der Waals surface area contributed by atoms with Gasteiger partial charge in [-0.3, -0.25) is 9.78 Å². The number of pyridine rings is 1. The Morgan fingerprint density at radius 3 is 2.91 bits per heavy atom. The molecule has 0 spiro atoms.